The standard InChI is InChI=1S/C6H10O2S.CH5N/c1-5(7)3-9-4-6(2)8;1-2/h3-4H2,1-2H3;2H2,1H3. The van der Waals surface area contributed by atoms with E-state index in [1.165, 1.54) is 32.7 Å². The lowest BCUT2D eigenvalue weighted by molar-refractivity contribution is -0.115. The van der Waals surface area contributed by atoms with Gasteiger partial charge in [0.1, 0.15) is 11.6 Å². The van der Waals surface area contributed by atoms with Crippen molar-refractivity contribution in [1.82, 2.24) is 0 Å². The SMILES string of the molecule is CC(=O)CSCC(C)=O.CN. The van der Waals surface area contributed by atoms with Crippen LogP contribution in [0.15, 0.2) is 0 Å². The number of thioether (sulfide) groups is 1. The molecule has 0 aliphatic carbocycles. The fourth-order valence-corrected chi connectivity index (χ4v) is 1.02. The van der Waals surface area contributed by atoms with E-state index in [0.717, 1.165) is 0 Å². The smallest absolute Gasteiger partial charge is 0.139 e. The molecule has 0 saturated heterocycles. The summed E-state index contributed by atoms with van der Waals surface area (Å²) < 4.78 is 0. The minimum atomic E-state index is 0.126. The first-order valence-electron chi connectivity index (χ1n) is 3.27. The molecule has 0 rings (SSSR count). The van der Waals surface area contributed by atoms with Crippen molar-refractivity contribution in [3.63, 3.8) is 0 Å². The molecule has 66 valence electrons. The van der Waals surface area contributed by atoms with Crippen molar-refractivity contribution < 1.29 is 9.59 Å². The highest BCUT2D eigenvalue weighted by atomic mass is 32.2. The molecule has 0 bridgehead atoms. The molecule has 0 aromatic carbocycles. The maximum Gasteiger partial charge on any atom is 0.139 e. The van der Waals surface area contributed by atoms with Crippen LogP contribution in [0.5, 0.6) is 0 Å². The lowest BCUT2D eigenvalue weighted by atomic mass is 10.5. The number of nitrogens with two attached hydrogens (primary N) is 1. The van der Waals surface area contributed by atoms with Crippen molar-refractivity contribution in [1.29, 1.82) is 0 Å². The third-order valence-electron chi connectivity index (χ3n) is 0.611. The minimum Gasteiger partial charge on any atom is -0.333 e. The highest BCUT2D eigenvalue weighted by Crippen LogP contribution is 1.98. The van der Waals surface area contributed by atoms with Gasteiger partial charge < -0.3 is 5.73 Å². The van der Waals surface area contributed by atoms with Crippen LogP contribution in [0.3, 0.4) is 0 Å². The Morgan fingerprint density at radius 3 is 1.55 bits per heavy atom. The number of ketones is 2. The summed E-state index contributed by atoms with van der Waals surface area (Å²) in [4.78, 5) is 20.6. The van der Waals surface area contributed by atoms with Crippen LogP contribution in [0.1, 0.15) is 13.8 Å². The summed E-state index contributed by atoms with van der Waals surface area (Å²) in [5.74, 6) is 1.17. The molecule has 0 unspecified atom stereocenters. The van der Waals surface area contributed by atoms with Crippen molar-refractivity contribution in [2.24, 2.45) is 5.73 Å². The van der Waals surface area contributed by atoms with E-state index in [0.29, 0.717) is 11.5 Å². The van der Waals surface area contributed by atoms with Gasteiger partial charge in [-0.05, 0) is 20.9 Å². The average molecular weight is 177 g/mol. The van der Waals surface area contributed by atoms with Crippen LogP contribution in [0.2, 0.25) is 0 Å². The van der Waals surface area contributed by atoms with Gasteiger partial charge in [-0.15, -0.1) is 11.8 Å². The predicted octanol–water partition coefficient (Wildman–Crippen LogP) is 0.473. The molecule has 0 heterocycles. The Labute approximate surface area is 71.7 Å². The number of carbonyl (C=O) groups is 2. The molecule has 0 aliphatic rings. The lowest BCUT2D eigenvalue weighted by Gasteiger charge is -1.91. The van der Waals surface area contributed by atoms with Crippen molar-refractivity contribution in [2.75, 3.05) is 18.6 Å². The molecule has 0 fully saturated rings. The van der Waals surface area contributed by atoms with Gasteiger partial charge in [-0.25, -0.2) is 0 Å². The topological polar surface area (TPSA) is 60.2 Å². The summed E-state index contributed by atoms with van der Waals surface area (Å²) in [6.45, 7) is 3.04. The van der Waals surface area contributed by atoms with Crippen molar-refractivity contribution in [3.05, 3.63) is 0 Å². The first-order chi connectivity index (χ1) is 5.13. The van der Waals surface area contributed by atoms with Crippen LogP contribution >= 0.6 is 11.8 Å². The molecule has 0 atom stereocenters. The van der Waals surface area contributed by atoms with Gasteiger partial charge in [0.15, 0.2) is 0 Å². The highest BCUT2D eigenvalue weighted by molar-refractivity contribution is 8.00. The number of hydrogen-bond donors (Lipinski definition) is 1. The zero-order chi connectivity index (χ0) is 9.28. The third kappa shape index (κ3) is 17.7. The van der Waals surface area contributed by atoms with Crippen molar-refractivity contribution in [2.45, 2.75) is 13.8 Å². The fourth-order valence-electron chi connectivity index (χ4n) is 0.338. The van der Waals surface area contributed by atoms with E-state index < -0.39 is 0 Å². The molecular formula is C7H15NO2S. The van der Waals surface area contributed by atoms with Gasteiger partial charge in [-0.2, -0.15) is 0 Å². The van der Waals surface area contributed by atoms with E-state index in [4.69, 9.17) is 0 Å². The molecule has 0 aliphatic heterocycles. The highest BCUT2D eigenvalue weighted by Gasteiger charge is 1.95. The maximum atomic E-state index is 10.3. The molecule has 0 saturated carbocycles. The third-order valence-corrected chi connectivity index (χ3v) is 1.83. The summed E-state index contributed by atoms with van der Waals surface area (Å²) in [6.07, 6.45) is 0. The van der Waals surface area contributed by atoms with Crippen LogP contribution in [-0.4, -0.2) is 30.1 Å². The summed E-state index contributed by atoms with van der Waals surface area (Å²) in [5.41, 5.74) is 4.50. The normalized spacial score (nSPS) is 8.00. The summed E-state index contributed by atoms with van der Waals surface area (Å²) in [6, 6.07) is 0. The van der Waals surface area contributed by atoms with E-state index in [-0.39, 0.29) is 11.6 Å². The molecule has 0 spiro atoms. The molecule has 2 N–H and O–H groups in total. The van der Waals surface area contributed by atoms with Gasteiger partial charge in [-0.3, -0.25) is 9.59 Å². The van der Waals surface area contributed by atoms with Crippen LogP contribution in [0.4, 0.5) is 0 Å². The zero-order valence-electron chi connectivity index (χ0n) is 7.22. The predicted molar refractivity (Wildman–Crippen MR) is 48.8 cm³/mol. The van der Waals surface area contributed by atoms with Gasteiger partial charge in [0.25, 0.3) is 0 Å². The number of hydrogen-bond acceptors (Lipinski definition) is 4. The molecule has 0 aromatic heterocycles. The molecule has 0 radical (unpaired) electrons. The lowest BCUT2D eigenvalue weighted by Crippen LogP contribution is -1.99. The second kappa shape index (κ2) is 9.65. The van der Waals surface area contributed by atoms with Crippen molar-refractivity contribution >= 4 is 23.3 Å². The van der Waals surface area contributed by atoms with E-state index >= 15 is 0 Å². The van der Waals surface area contributed by atoms with Gasteiger partial charge in [-0.1, -0.05) is 0 Å². The Balaban J connectivity index is 0. The molecular weight excluding hydrogens is 162 g/mol. The molecule has 3 nitrogen and oxygen atoms in total. The van der Waals surface area contributed by atoms with Gasteiger partial charge in [0, 0.05) is 0 Å². The first kappa shape index (κ1) is 13.3. The van der Waals surface area contributed by atoms with E-state index in [9.17, 15) is 9.59 Å². The molecule has 11 heavy (non-hydrogen) atoms. The summed E-state index contributed by atoms with van der Waals surface area (Å²) in [5, 5.41) is 0. The Hall–Kier alpha value is -0.350. The van der Waals surface area contributed by atoms with Crippen molar-refractivity contribution in [3.8, 4) is 0 Å². The van der Waals surface area contributed by atoms with E-state index in [1.807, 2.05) is 0 Å². The zero-order valence-corrected chi connectivity index (χ0v) is 8.03. The largest absolute Gasteiger partial charge is 0.333 e. The van der Waals surface area contributed by atoms with Crippen LogP contribution < -0.4 is 5.73 Å². The maximum absolute atomic E-state index is 10.3. The average Bonchev–Trinajstić information content (AvgIpc) is 1.90. The summed E-state index contributed by atoms with van der Waals surface area (Å²) in [7, 11) is 1.50. The van der Waals surface area contributed by atoms with Crippen LogP contribution in [-0.2, 0) is 9.59 Å². The quantitative estimate of drug-likeness (QED) is 0.678. The van der Waals surface area contributed by atoms with E-state index in [1.54, 1.807) is 0 Å². The van der Waals surface area contributed by atoms with E-state index in [2.05, 4.69) is 5.73 Å². The molecule has 0 amide bonds. The van der Waals surface area contributed by atoms with Gasteiger partial charge in [0.2, 0.25) is 0 Å². The van der Waals surface area contributed by atoms with Gasteiger partial charge in [0.05, 0.1) is 11.5 Å². The Morgan fingerprint density at radius 2 is 1.36 bits per heavy atom. The Bertz CT molecular complexity index is 112. The minimum absolute atomic E-state index is 0.126. The summed E-state index contributed by atoms with van der Waals surface area (Å²) >= 11 is 1.37. The van der Waals surface area contributed by atoms with Crippen LogP contribution in [0.25, 0.3) is 0 Å². The van der Waals surface area contributed by atoms with Gasteiger partial charge >= 0.3 is 0 Å². The first-order valence-corrected chi connectivity index (χ1v) is 4.42. The Morgan fingerprint density at radius 1 is 1.09 bits per heavy atom. The molecule has 4 heteroatoms. The number of carbonyl (C=O) groups excluding carboxylic acids is 2. The number of Topliss-reactive ketones (excluding diaryl/α,β-unsaturated/α-hetero) is 2. The second-order valence-corrected chi connectivity index (χ2v) is 2.88. The number of rotatable bonds is 4. The monoisotopic (exact) mass is 177 g/mol. The molecule has 0 aromatic rings. The Kier molecular flexibility index (Phi) is 11.6. The second-order valence-electron chi connectivity index (χ2n) is 1.90. The fraction of sp³-hybridized carbons (Fsp3) is 0.714. The van der Waals surface area contributed by atoms with Crippen LogP contribution in [0, 0.1) is 0 Å².